The Morgan fingerprint density at radius 1 is 1.18 bits per heavy atom. The molecule has 5 heteroatoms. The minimum Gasteiger partial charge on any atom is -0.478 e. The van der Waals surface area contributed by atoms with Gasteiger partial charge < -0.3 is 5.11 Å². The lowest BCUT2D eigenvalue weighted by Gasteiger charge is -2.11. The monoisotopic (exact) mass is 364 g/mol. The number of Topliss-reactive ketones (excluding diaryl/α,β-unsaturated/α-hetero) is 1. The van der Waals surface area contributed by atoms with Crippen LogP contribution < -0.4 is 0 Å². The molecule has 22 heavy (non-hydrogen) atoms. The predicted molar refractivity (Wildman–Crippen MR) is 84.9 cm³/mol. The van der Waals surface area contributed by atoms with Crippen molar-refractivity contribution in [3.63, 3.8) is 0 Å². The molecule has 0 amide bonds. The van der Waals surface area contributed by atoms with E-state index in [1.165, 1.54) is 18.2 Å². The average Bonchev–Trinajstić information content (AvgIpc) is 2.47. The number of carbonyl (C=O) groups excluding carboxylic acids is 1. The minimum absolute atomic E-state index is 0.0558. The molecule has 0 radical (unpaired) electrons. The number of carboxylic acid groups (broad SMARTS) is 1. The third kappa shape index (κ3) is 3.80. The first-order valence-electron chi connectivity index (χ1n) is 6.70. The molecule has 3 nitrogen and oxygen atoms in total. The Hall–Kier alpha value is -2.01. The van der Waals surface area contributed by atoms with E-state index in [0.717, 1.165) is 5.56 Å². The summed E-state index contributed by atoms with van der Waals surface area (Å²) in [4.78, 5) is 23.4. The van der Waals surface area contributed by atoms with Crippen LogP contribution in [0.5, 0.6) is 0 Å². The lowest BCUT2D eigenvalue weighted by molar-refractivity contribution is 0.0696. The van der Waals surface area contributed by atoms with Gasteiger partial charge in [-0.1, -0.05) is 25.1 Å². The van der Waals surface area contributed by atoms with Crippen molar-refractivity contribution in [2.75, 3.05) is 0 Å². The maximum absolute atomic E-state index is 12.9. The molecule has 1 N–H and O–H groups in total. The summed E-state index contributed by atoms with van der Waals surface area (Å²) < 4.78 is 13.3. The zero-order chi connectivity index (χ0) is 16.3. The summed E-state index contributed by atoms with van der Waals surface area (Å²) in [5.74, 6) is -1.63. The van der Waals surface area contributed by atoms with Crippen LogP contribution in [-0.4, -0.2) is 16.9 Å². The number of ketones is 1. The number of aromatic carboxylic acids is 1. The highest BCUT2D eigenvalue weighted by atomic mass is 79.9. The quantitative estimate of drug-likeness (QED) is 0.784. The maximum Gasteiger partial charge on any atom is 0.336 e. The van der Waals surface area contributed by atoms with E-state index in [2.05, 4.69) is 15.9 Å². The van der Waals surface area contributed by atoms with E-state index in [-0.39, 0.29) is 29.5 Å². The Bertz CT molecular complexity index is 710. The summed E-state index contributed by atoms with van der Waals surface area (Å²) in [5.41, 5.74) is 1.28. The number of hydrogen-bond donors (Lipinski definition) is 1. The second kappa shape index (κ2) is 6.83. The first-order valence-corrected chi connectivity index (χ1v) is 7.49. The number of hydrogen-bond acceptors (Lipinski definition) is 2. The molecule has 0 aliphatic rings. The lowest BCUT2D eigenvalue weighted by atomic mass is 9.93. The Morgan fingerprint density at radius 2 is 1.82 bits per heavy atom. The van der Waals surface area contributed by atoms with Gasteiger partial charge in [0, 0.05) is 16.5 Å². The zero-order valence-corrected chi connectivity index (χ0v) is 13.4. The molecule has 1 atom stereocenters. The van der Waals surface area contributed by atoms with Crippen LogP contribution in [-0.2, 0) is 0 Å². The fourth-order valence-electron chi connectivity index (χ4n) is 2.17. The van der Waals surface area contributed by atoms with Gasteiger partial charge in [0.2, 0.25) is 0 Å². The molecule has 114 valence electrons. The van der Waals surface area contributed by atoms with E-state index in [9.17, 15) is 14.0 Å². The van der Waals surface area contributed by atoms with Crippen molar-refractivity contribution in [3.8, 4) is 0 Å². The van der Waals surface area contributed by atoms with Crippen molar-refractivity contribution < 1.29 is 19.1 Å². The van der Waals surface area contributed by atoms with Crippen LogP contribution >= 0.6 is 15.9 Å². The molecule has 0 fully saturated rings. The highest BCUT2D eigenvalue weighted by Gasteiger charge is 2.16. The van der Waals surface area contributed by atoms with Crippen LogP contribution in [0, 0.1) is 5.82 Å². The van der Waals surface area contributed by atoms with Gasteiger partial charge in [-0.25, -0.2) is 9.18 Å². The molecule has 2 rings (SSSR count). The summed E-state index contributed by atoms with van der Waals surface area (Å²) in [6.07, 6.45) is 0.228. The topological polar surface area (TPSA) is 54.4 Å². The van der Waals surface area contributed by atoms with Crippen LogP contribution in [0.1, 0.15) is 45.5 Å². The lowest BCUT2D eigenvalue weighted by Crippen LogP contribution is -2.07. The number of rotatable bonds is 5. The minimum atomic E-state index is -1.09. The van der Waals surface area contributed by atoms with Gasteiger partial charge >= 0.3 is 5.97 Å². The van der Waals surface area contributed by atoms with Crippen molar-refractivity contribution in [1.29, 1.82) is 0 Å². The molecule has 2 aromatic carbocycles. The normalized spacial score (nSPS) is 12.0. The Kier molecular flexibility index (Phi) is 5.08. The summed E-state index contributed by atoms with van der Waals surface area (Å²) in [6.45, 7) is 1.88. The second-order valence-corrected chi connectivity index (χ2v) is 5.93. The van der Waals surface area contributed by atoms with Crippen LogP contribution in [0.25, 0.3) is 0 Å². The van der Waals surface area contributed by atoms with Gasteiger partial charge in [0.1, 0.15) is 5.82 Å². The number of carboxylic acids is 1. The SMILES string of the molecule is C[C@@H](CC(=O)c1ccc(Br)c(C(=O)O)c1)c1ccc(F)cc1. The fourth-order valence-corrected chi connectivity index (χ4v) is 2.58. The Labute approximate surface area is 135 Å². The van der Waals surface area contributed by atoms with Gasteiger partial charge in [-0.15, -0.1) is 0 Å². The molecule has 0 saturated carbocycles. The summed E-state index contributed by atoms with van der Waals surface area (Å²) in [6, 6.07) is 10.5. The Balaban J connectivity index is 2.16. The van der Waals surface area contributed by atoms with E-state index >= 15 is 0 Å². The zero-order valence-electron chi connectivity index (χ0n) is 11.8. The van der Waals surface area contributed by atoms with Gasteiger partial charge in [-0.05, 0) is 51.7 Å². The van der Waals surface area contributed by atoms with E-state index < -0.39 is 5.97 Å². The van der Waals surface area contributed by atoms with Crippen molar-refractivity contribution >= 4 is 27.7 Å². The van der Waals surface area contributed by atoms with Gasteiger partial charge in [0.15, 0.2) is 5.78 Å². The largest absolute Gasteiger partial charge is 0.478 e. The highest BCUT2D eigenvalue weighted by Crippen LogP contribution is 2.24. The molecular formula is C17H14BrFO3. The smallest absolute Gasteiger partial charge is 0.336 e. The fraction of sp³-hybridized carbons (Fsp3) is 0.176. The molecule has 0 aliphatic carbocycles. The summed E-state index contributed by atoms with van der Waals surface area (Å²) in [5, 5.41) is 9.08. The van der Waals surface area contributed by atoms with Crippen molar-refractivity contribution in [3.05, 3.63) is 69.4 Å². The first-order chi connectivity index (χ1) is 10.4. The van der Waals surface area contributed by atoms with Crippen LogP contribution in [0.2, 0.25) is 0 Å². The molecule has 0 heterocycles. The highest BCUT2D eigenvalue weighted by molar-refractivity contribution is 9.10. The third-order valence-electron chi connectivity index (χ3n) is 3.45. The summed E-state index contributed by atoms with van der Waals surface area (Å²) >= 11 is 3.15. The molecule has 0 spiro atoms. The number of benzene rings is 2. The average molecular weight is 365 g/mol. The van der Waals surface area contributed by atoms with Crippen LogP contribution in [0.15, 0.2) is 46.9 Å². The van der Waals surface area contributed by atoms with Crippen LogP contribution in [0.4, 0.5) is 4.39 Å². The molecule has 0 unspecified atom stereocenters. The molecular weight excluding hydrogens is 351 g/mol. The molecule has 0 aliphatic heterocycles. The summed E-state index contributed by atoms with van der Waals surface area (Å²) in [7, 11) is 0. The third-order valence-corrected chi connectivity index (χ3v) is 4.14. The van der Waals surface area contributed by atoms with Gasteiger partial charge in [-0.3, -0.25) is 4.79 Å². The van der Waals surface area contributed by atoms with E-state index in [4.69, 9.17) is 5.11 Å². The van der Waals surface area contributed by atoms with E-state index in [1.807, 2.05) is 6.92 Å². The molecule has 0 aromatic heterocycles. The maximum atomic E-state index is 12.9. The number of halogens is 2. The second-order valence-electron chi connectivity index (χ2n) is 5.08. The molecule has 2 aromatic rings. The van der Waals surface area contributed by atoms with Crippen molar-refractivity contribution in [1.82, 2.24) is 0 Å². The van der Waals surface area contributed by atoms with Gasteiger partial charge in [-0.2, -0.15) is 0 Å². The van der Waals surface area contributed by atoms with Gasteiger partial charge in [0.05, 0.1) is 5.56 Å². The van der Waals surface area contributed by atoms with Crippen molar-refractivity contribution in [2.24, 2.45) is 0 Å². The van der Waals surface area contributed by atoms with E-state index in [0.29, 0.717) is 10.0 Å². The standard InChI is InChI=1S/C17H14BrFO3/c1-10(11-2-5-13(19)6-3-11)8-16(20)12-4-7-15(18)14(9-12)17(21)22/h2-7,9-10H,8H2,1H3,(H,21,22)/t10-/m0/s1. The predicted octanol–water partition coefficient (Wildman–Crippen LogP) is 4.66. The molecule has 0 bridgehead atoms. The van der Waals surface area contributed by atoms with Crippen LogP contribution in [0.3, 0.4) is 0 Å². The van der Waals surface area contributed by atoms with Gasteiger partial charge in [0.25, 0.3) is 0 Å². The van der Waals surface area contributed by atoms with E-state index in [1.54, 1.807) is 24.3 Å². The first kappa shape index (κ1) is 16.4. The van der Waals surface area contributed by atoms with Crippen molar-refractivity contribution in [2.45, 2.75) is 19.3 Å². The Morgan fingerprint density at radius 3 is 2.41 bits per heavy atom. The molecule has 0 saturated heterocycles. The number of carbonyl (C=O) groups is 2.